The molecule has 1 saturated heterocycles. The largest absolute Gasteiger partial charge is 0.467 e. The van der Waals surface area contributed by atoms with E-state index in [2.05, 4.69) is 21.5 Å². The summed E-state index contributed by atoms with van der Waals surface area (Å²) in [5, 5.41) is 3.81. The van der Waals surface area contributed by atoms with Crippen LogP contribution in [-0.4, -0.2) is 47.8 Å². The van der Waals surface area contributed by atoms with E-state index in [1.54, 1.807) is 6.20 Å². The minimum Gasteiger partial charge on any atom is -0.467 e. The van der Waals surface area contributed by atoms with Gasteiger partial charge in [0.15, 0.2) is 5.82 Å². The second-order valence-corrected chi connectivity index (χ2v) is 6.09. The van der Waals surface area contributed by atoms with Crippen LogP contribution in [0.4, 0.5) is 5.82 Å². The molecular formula is C12H18ClN3O2S. The lowest BCUT2D eigenvalue weighted by molar-refractivity contribution is 0.0802. The van der Waals surface area contributed by atoms with Crippen LogP contribution in [0.3, 0.4) is 0 Å². The van der Waals surface area contributed by atoms with Gasteiger partial charge in [0.05, 0.1) is 13.3 Å². The molecule has 0 spiro atoms. The number of rotatable bonds is 5. The van der Waals surface area contributed by atoms with Crippen LogP contribution in [0.5, 0.6) is 6.01 Å². The average molecular weight is 304 g/mol. The summed E-state index contributed by atoms with van der Waals surface area (Å²) in [5.74, 6) is 0.619. The highest BCUT2D eigenvalue weighted by atomic mass is 35.5. The fraction of sp³-hybridized carbons (Fsp3) is 0.667. The number of hydrogen-bond acceptors (Lipinski definition) is 6. The van der Waals surface area contributed by atoms with Gasteiger partial charge in [-0.1, -0.05) is 11.6 Å². The molecule has 1 aliphatic heterocycles. The van der Waals surface area contributed by atoms with Crippen LogP contribution >= 0.6 is 23.4 Å². The van der Waals surface area contributed by atoms with Gasteiger partial charge in [0.25, 0.3) is 0 Å². The molecule has 0 radical (unpaired) electrons. The molecule has 1 fully saturated rings. The van der Waals surface area contributed by atoms with E-state index < -0.39 is 0 Å². The van der Waals surface area contributed by atoms with Gasteiger partial charge >= 0.3 is 6.01 Å². The minimum atomic E-state index is 0.180. The monoisotopic (exact) mass is 303 g/mol. The van der Waals surface area contributed by atoms with Crippen molar-refractivity contribution in [2.45, 2.75) is 17.6 Å². The van der Waals surface area contributed by atoms with E-state index in [-0.39, 0.29) is 4.75 Å². The molecule has 1 aromatic rings. The molecule has 0 aromatic carbocycles. The number of anilines is 1. The molecule has 0 amide bonds. The Morgan fingerprint density at radius 2 is 2.26 bits per heavy atom. The molecule has 2 rings (SSSR count). The molecule has 7 heteroatoms. The molecule has 106 valence electrons. The summed E-state index contributed by atoms with van der Waals surface area (Å²) in [5.41, 5.74) is 0. The fourth-order valence-electron chi connectivity index (χ4n) is 2.01. The first-order valence-corrected chi connectivity index (χ1v) is 7.73. The third-order valence-corrected chi connectivity index (χ3v) is 5.01. The molecule has 0 atom stereocenters. The van der Waals surface area contributed by atoms with E-state index >= 15 is 0 Å². The van der Waals surface area contributed by atoms with Crippen LogP contribution < -0.4 is 10.1 Å². The molecule has 0 saturated carbocycles. The summed E-state index contributed by atoms with van der Waals surface area (Å²) in [6.45, 7) is 2.42. The third-order valence-electron chi connectivity index (χ3n) is 3.32. The highest BCUT2D eigenvalue weighted by molar-refractivity contribution is 8.00. The van der Waals surface area contributed by atoms with E-state index in [1.165, 1.54) is 7.11 Å². The van der Waals surface area contributed by atoms with Gasteiger partial charge < -0.3 is 14.8 Å². The standard InChI is InChI=1S/C12H18ClN3O2S/c1-17-11-14-7-9(13)10(16-11)15-8-12(19-2)3-5-18-6-4-12/h7H,3-6,8H2,1-2H3,(H,14,15,16). The smallest absolute Gasteiger partial charge is 0.318 e. The number of nitrogens with one attached hydrogen (secondary N) is 1. The molecule has 0 bridgehead atoms. The lowest BCUT2D eigenvalue weighted by atomic mass is 9.99. The Hall–Kier alpha value is -0.720. The van der Waals surface area contributed by atoms with Crippen molar-refractivity contribution in [3.8, 4) is 6.01 Å². The average Bonchev–Trinajstić information content (AvgIpc) is 2.47. The number of aromatic nitrogens is 2. The Balaban J connectivity index is 2.04. The lowest BCUT2D eigenvalue weighted by Crippen LogP contribution is -2.39. The quantitative estimate of drug-likeness (QED) is 0.902. The highest BCUT2D eigenvalue weighted by Crippen LogP contribution is 2.34. The predicted octanol–water partition coefficient (Wildman–Crippen LogP) is 2.46. The van der Waals surface area contributed by atoms with Crippen LogP contribution in [0.15, 0.2) is 6.20 Å². The van der Waals surface area contributed by atoms with Crippen molar-refractivity contribution in [2.24, 2.45) is 0 Å². The van der Waals surface area contributed by atoms with Crippen molar-refractivity contribution in [3.63, 3.8) is 0 Å². The van der Waals surface area contributed by atoms with Crippen molar-refractivity contribution in [1.82, 2.24) is 9.97 Å². The van der Waals surface area contributed by atoms with Gasteiger partial charge in [-0.25, -0.2) is 4.98 Å². The maximum Gasteiger partial charge on any atom is 0.318 e. The summed E-state index contributed by atoms with van der Waals surface area (Å²) in [6.07, 6.45) is 5.74. The summed E-state index contributed by atoms with van der Waals surface area (Å²) in [7, 11) is 1.54. The summed E-state index contributed by atoms with van der Waals surface area (Å²) in [4.78, 5) is 8.18. The predicted molar refractivity (Wildman–Crippen MR) is 78.4 cm³/mol. The zero-order chi connectivity index (χ0) is 13.7. The van der Waals surface area contributed by atoms with Gasteiger partial charge in [0.1, 0.15) is 5.02 Å². The summed E-state index contributed by atoms with van der Waals surface area (Å²) in [6, 6.07) is 0.317. The SMILES string of the molecule is COc1ncc(Cl)c(NCC2(SC)CCOCC2)n1. The molecule has 1 aromatic heterocycles. The molecule has 5 nitrogen and oxygen atoms in total. The normalized spacial score (nSPS) is 18.1. The van der Waals surface area contributed by atoms with Gasteiger partial charge in [-0.3, -0.25) is 0 Å². The zero-order valence-electron chi connectivity index (χ0n) is 11.1. The first-order chi connectivity index (χ1) is 9.19. The van der Waals surface area contributed by atoms with E-state index in [9.17, 15) is 0 Å². The third kappa shape index (κ3) is 3.64. The lowest BCUT2D eigenvalue weighted by Gasteiger charge is -2.35. The van der Waals surface area contributed by atoms with Crippen molar-refractivity contribution in [1.29, 1.82) is 0 Å². The van der Waals surface area contributed by atoms with Crippen LogP contribution in [0.1, 0.15) is 12.8 Å². The van der Waals surface area contributed by atoms with Crippen molar-refractivity contribution >= 4 is 29.2 Å². The first-order valence-electron chi connectivity index (χ1n) is 6.12. The number of hydrogen-bond donors (Lipinski definition) is 1. The van der Waals surface area contributed by atoms with Gasteiger partial charge in [-0.15, -0.1) is 0 Å². The Bertz CT molecular complexity index is 427. The zero-order valence-corrected chi connectivity index (χ0v) is 12.7. The first kappa shape index (κ1) is 14.7. The highest BCUT2D eigenvalue weighted by Gasteiger charge is 2.31. The maximum absolute atomic E-state index is 6.08. The fourth-order valence-corrected chi connectivity index (χ4v) is 2.96. The molecular weight excluding hydrogens is 286 g/mol. The molecule has 1 N–H and O–H groups in total. The summed E-state index contributed by atoms with van der Waals surface area (Å²) >= 11 is 7.95. The van der Waals surface area contributed by atoms with Gasteiger partial charge in [0.2, 0.25) is 0 Å². The number of ether oxygens (including phenoxy) is 2. The van der Waals surface area contributed by atoms with E-state index in [0.29, 0.717) is 16.9 Å². The van der Waals surface area contributed by atoms with Crippen molar-refractivity contribution in [2.75, 3.05) is 38.4 Å². The number of halogens is 1. The molecule has 0 unspecified atom stereocenters. The van der Waals surface area contributed by atoms with Crippen LogP contribution in [0, 0.1) is 0 Å². The number of thioether (sulfide) groups is 1. The van der Waals surface area contributed by atoms with Gasteiger partial charge in [-0.05, 0) is 19.1 Å². The van der Waals surface area contributed by atoms with Crippen LogP contribution in [-0.2, 0) is 4.74 Å². The van der Waals surface area contributed by atoms with Crippen molar-refractivity contribution in [3.05, 3.63) is 11.2 Å². The van der Waals surface area contributed by atoms with Crippen LogP contribution in [0.25, 0.3) is 0 Å². The Morgan fingerprint density at radius 1 is 1.53 bits per heavy atom. The Labute approximate surface area is 122 Å². The van der Waals surface area contributed by atoms with E-state index in [1.807, 2.05) is 11.8 Å². The van der Waals surface area contributed by atoms with E-state index in [4.69, 9.17) is 21.1 Å². The molecule has 1 aliphatic rings. The Morgan fingerprint density at radius 3 is 2.89 bits per heavy atom. The van der Waals surface area contributed by atoms with Crippen LogP contribution in [0.2, 0.25) is 5.02 Å². The molecule has 2 heterocycles. The minimum absolute atomic E-state index is 0.180. The number of methoxy groups -OCH3 is 1. The Kier molecular flexibility index (Phi) is 5.13. The maximum atomic E-state index is 6.08. The second-order valence-electron chi connectivity index (χ2n) is 4.41. The molecule has 19 heavy (non-hydrogen) atoms. The molecule has 0 aliphatic carbocycles. The van der Waals surface area contributed by atoms with E-state index in [0.717, 1.165) is 32.6 Å². The van der Waals surface area contributed by atoms with Gasteiger partial charge in [0, 0.05) is 24.5 Å². The summed E-state index contributed by atoms with van der Waals surface area (Å²) < 4.78 is 10.6. The van der Waals surface area contributed by atoms with Gasteiger partial charge in [-0.2, -0.15) is 16.7 Å². The van der Waals surface area contributed by atoms with Crippen molar-refractivity contribution < 1.29 is 9.47 Å². The second kappa shape index (κ2) is 6.63. The topological polar surface area (TPSA) is 56.3 Å². The number of nitrogens with zero attached hydrogens (tertiary/aromatic N) is 2.